The molecule has 1 fully saturated rings. The number of nitrogens with zero attached hydrogens (tertiary/aromatic N) is 3. The molecule has 0 spiro atoms. The third-order valence-electron chi connectivity index (χ3n) is 4.72. The molecule has 2 heterocycles. The van der Waals surface area contributed by atoms with Gasteiger partial charge >= 0.3 is 6.03 Å². The first-order valence-electron chi connectivity index (χ1n) is 9.90. The Morgan fingerprint density at radius 3 is 2.31 bits per heavy atom. The lowest BCUT2D eigenvalue weighted by Crippen LogP contribution is -2.49. The Hall–Kier alpha value is -2.93. The molecule has 1 aliphatic heterocycles. The molecule has 0 saturated carbocycles. The summed E-state index contributed by atoms with van der Waals surface area (Å²) in [7, 11) is 0. The van der Waals surface area contributed by atoms with Crippen molar-refractivity contribution in [2.45, 2.75) is 32.9 Å². The van der Waals surface area contributed by atoms with Crippen LogP contribution < -0.4 is 10.6 Å². The zero-order chi connectivity index (χ0) is 20.9. The highest BCUT2D eigenvalue weighted by Crippen LogP contribution is 2.18. The average Bonchev–Trinajstić information content (AvgIpc) is 2.68. The van der Waals surface area contributed by atoms with E-state index >= 15 is 0 Å². The van der Waals surface area contributed by atoms with Crippen molar-refractivity contribution in [1.29, 1.82) is 0 Å². The van der Waals surface area contributed by atoms with Crippen molar-refractivity contribution < 1.29 is 9.59 Å². The van der Waals surface area contributed by atoms with Gasteiger partial charge in [0.05, 0.1) is 11.3 Å². The second kappa shape index (κ2) is 9.05. The number of amides is 3. The summed E-state index contributed by atoms with van der Waals surface area (Å²) in [4.78, 5) is 33.5. The minimum atomic E-state index is -0.348. The molecule has 0 bridgehead atoms. The summed E-state index contributed by atoms with van der Waals surface area (Å²) in [6.07, 6.45) is 3.60. The lowest BCUT2D eigenvalue weighted by molar-refractivity contribution is 0.0920. The smallest absolute Gasteiger partial charge is 0.321 e. The molecule has 7 nitrogen and oxygen atoms in total. The largest absolute Gasteiger partial charge is 0.347 e. The van der Waals surface area contributed by atoms with Gasteiger partial charge < -0.3 is 15.5 Å². The van der Waals surface area contributed by atoms with Crippen molar-refractivity contribution in [3.05, 3.63) is 59.9 Å². The molecule has 29 heavy (non-hydrogen) atoms. The summed E-state index contributed by atoms with van der Waals surface area (Å²) in [5.74, 6) is -0.199. The second-order valence-corrected chi connectivity index (χ2v) is 8.30. The van der Waals surface area contributed by atoms with Gasteiger partial charge in [-0.1, -0.05) is 12.1 Å². The van der Waals surface area contributed by atoms with Gasteiger partial charge in [0.15, 0.2) is 0 Å². The second-order valence-electron chi connectivity index (χ2n) is 8.30. The molecule has 1 aromatic heterocycles. The summed E-state index contributed by atoms with van der Waals surface area (Å²) in [5, 5.41) is 5.85. The molecule has 2 aromatic rings. The molecule has 2 N–H and O–H groups in total. The van der Waals surface area contributed by atoms with Gasteiger partial charge in [0.1, 0.15) is 0 Å². The van der Waals surface area contributed by atoms with Crippen LogP contribution in [0.5, 0.6) is 0 Å². The molecule has 1 aromatic carbocycles. The van der Waals surface area contributed by atoms with Gasteiger partial charge in [-0.3, -0.25) is 14.7 Å². The highest BCUT2D eigenvalue weighted by Gasteiger charge is 2.23. The van der Waals surface area contributed by atoms with Gasteiger partial charge in [-0.25, -0.2) is 4.79 Å². The summed E-state index contributed by atoms with van der Waals surface area (Å²) >= 11 is 0. The van der Waals surface area contributed by atoms with E-state index in [0.717, 1.165) is 19.6 Å². The van der Waals surface area contributed by atoms with Crippen LogP contribution in [-0.2, 0) is 6.54 Å². The molecule has 3 amide bonds. The summed E-state index contributed by atoms with van der Waals surface area (Å²) < 4.78 is 0. The number of nitrogens with one attached hydrogen (secondary N) is 2. The third-order valence-corrected chi connectivity index (χ3v) is 4.72. The molecule has 0 atom stereocenters. The van der Waals surface area contributed by atoms with Crippen molar-refractivity contribution >= 4 is 17.6 Å². The molecule has 1 aliphatic rings. The standard InChI is InChI=1S/C22H29N5O2/c1-22(2,3)25-20(28)18-6-4-5-7-19(18)24-21(29)27-14-12-26(13-15-27)16-17-8-10-23-11-9-17/h4-11H,12-16H2,1-3H3,(H,24,29)(H,25,28). The first-order valence-corrected chi connectivity index (χ1v) is 9.90. The quantitative estimate of drug-likeness (QED) is 0.834. The molecule has 1 saturated heterocycles. The number of carbonyl (C=O) groups excluding carboxylic acids is 2. The maximum atomic E-state index is 12.7. The van der Waals surface area contributed by atoms with E-state index in [4.69, 9.17) is 0 Å². The van der Waals surface area contributed by atoms with Crippen molar-refractivity contribution in [1.82, 2.24) is 20.1 Å². The fraction of sp³-hybridized carbons (Fsp3) is 0.409. The number of anilines is 1. The fourth-order valence-electron chi connectivity index (χ4n) is 3.25. The third kappa shape index (κ3) is 6.02. The number of aromatic nitrogens is 1. The van der Waals surface area contributed by atoms with E-state index in [2.05, 4.69) is 20.5 Å². The lowest BCUT2D eigenvalue weighted by atomic mass is 10.1. The van der Waals surface area contributed by atoms with Gasteiger partial charge in [-0.05, 0) is 50.6 Å². The highest BCUT2D eigenvalue weighted by atomic mass is 16.2. The van der Waals surface area contributed by atoms with Crippen LogP contribution in [0.4, 0.5) is 10.5 Å². The molecule has 0 radical (unpaired) electrons. The van der Waals surface area contributed by atoms with E-state index in [1.807, 2.05) is 39.0 Å². The predicted molar refractivity (Wildman–Crippen MR) is 114 cm³/mol. The van der Waals surface area contributed by atoms with Crippen molar-refractivity contribution in [2.24, 2.45) is 0 Å². The predicted octanol–water partition coefficient (Wildman–Crippen LogP) is 2.96. The van der Waals surface area contributed by atoms with Gasteiger partial charge in [0.25, 0.3) is 5.91 Å². The van der Waals surface area contributed by atoms with Crippen molar-refractivity contribution in [3.8, 4) is 0 Å². The number of benzene rings is 1. The minimum absolute atomic E-state index is 0.176. The number of hydrogen-bond acceptors (Lipinski definition) is 4. The van der Waals surface area contributed by atoms with Crippen LogP contribution in [0.15, 0.2) is 48.8 Å². The van der Waals surface area contributed by atoms with Gasteiger partial charge in [-0.2, -0.15) is 0 Å². The first kappa shape index (κ1) is 20.8. The highest BCUT2D eigenvalue weighted by molar-refractivity contribution is 6.03. The first-order chi connectivity index (χ1) is 13.8. The fourth-order valence-corrected chi connectivity index (χ4v) is 3.25. The maximum Gasteiger partial charge on any atom is 0.321 e. The molecule has 3 rings (SSSR count). The van der Waals surface area contributed by atoms with Crippen LogP contribution in [0.1, 0.15) is 36.7 Å². The van der Waals surface area contributed by atoms with Crippen LogP contribution in [-0.4, -0.2) is 58.4 Å². The zero-order valence-electron chi connectivity index (χ0n) is 17.3. The van der Waals surface area contributed by atoms with E-state index in [0.29, 0.717) is 24.3 Å². The SMILES string of the molecule is CC(C)(C)NC(=O)c1ccccc1NC(=O)N1CCN(Cc2ccncc2)CC1. The van der Waals surface area contributed by atoms with E-state index in [9.17, 15) is 9.59 Å². The maximum absolute atomic E-state index is 12.7. The Balaban J connectivity index is 1.57. The number of para-hydroxylation sites is 1. The van der Waals surface area contributed by atoms with Crippen LogP contribution >= 0.6 is 0 Å². The van der Waals surface area contributed by atoms with Crippen molar-refractivity contribution in [3.63, 3.8) is 0 Å². The molecule has 7 heteroatoms. The number of piperazine rings is 1. The minimum Gasteiger partial charge on any atom is -0.347 e. The van der Waals surface area contributed by atoms with E-state index < -0.39 is 0 Å². The molecule has 154 valence electrons. The van der Waals surface area contributed by atoms with Gasteiger partial charge in [-0.15, -0.1) is 0 Å². The molecular weight excluding hydrogens is 366 g/mol. The Kier molecular flexibility index (Phi) is 6.49. The number of pyridine rings is 1. The van der Waals surface area contributed by atoms with Crippen LogP contribution in [0.25, 0.3) is 0 Å². The van der Waals surface area contributed by atoms with Crippen LogP contribution in [0.2, 0.25) is 0 Å². The number of urea groups is 1. The van der Waals surface area contributed by atoms with E-state index in [-0.39, 0.29) is 17.5 Å². The molecule has 0 unspecified atom stereocenters. The Labute approximate surface area is 172 Å². The number of hydrogen-bond donors (Lipinski definition) is 2. The van der Waals surface area contributed by atoms with E-state index in [1.165, 1.54) is 5.56 Å². The van der Waals surface area contributed by atoms with Crippen molar-refractivity contribution in [2.75, 3.05) is 31.5 Å². The zero-order valence-corrected chi connectivity index (χ0v) is 17.3. The van der Waals surface area contributed by atoms with Gasteiger partial charge in [0, 0.05) is 50.7 Å². The van der Waals surface area contributed by atoms with Gasteiger partial charge in [0.2, 0.25) is 0 Å². The molecular formula is C22H29N5O2. The Morgan fingerprint density at radius 2 is 1.66 bits per heavy atom. The topological polar surface area (TPSA) is 77.6 Å². The van der Waals surface area contributed by atoms with E-state index in [1.54, 1.807) is 35.5 Å². The van der Waals surface area contributed by atoms with Crippen LogP contribution in [0.3, 0.4) is 0 Å². The number of rotatable bonds is 4. The number of carbonyl (C=O) groups is 2. The summed E-state index contributed by atoms with van der Waals surface area (Å²) in [6.45, 7) is 9.55. The lowest BCUT2D eigenvalue weighted by Gasteiger charge is -2.34. The molecule has 0 aliphatic carbocycles. The Morgan fingerprint density at radius 1 is 1.00 bits per heavy atom. The Bertz CT molecular complexity index is 840. The normalized spacial score (nSPS) is 15.1. The average molecular weight is 396 g/mol. The summed E-state index contributed by atoms with van der Waals surface area (Å²) in [6, 6.07) is 10.9. The summed E-state index contributed by atoms with van der Waals surface area (Å²) in [5.41, 5.74) is 1.86. The monoisotopic (exact) mass is 395 g/mol. The van der Waals surface area contributed by atoms with Crippen LogP contribution in [0, 0.1) is 0 Å².